The Morgan fingerprint density at radius 1 is 1.58 bits per heavy atom. The van der Waals surface area contributed by atoms with Crippen molar-refractivity contribution >= 4 is 19.7 Å². The van der Waals surface area contributed by atoms with Gasteiger partial charge >= 0.3 is 0 Å². The maximum atomic E-state index is 10.7. The zero-order valence-electron chi connectivity index (χ0n) is 6.49. The third kappa shape index (κ3) is 2.79. The molecule has 0 radical (unpaired) electrons. The summed E-state index contributed by atoms with van der Waals surface area (Å²) < 4.78 is 21.4. The van der Waals surface area contributed by atoms with Crippen LogP contribution >= 0.6 is 10.7 Å². The first-order valence-corrected chi connectivity index (χ1v) is 5.80. The second-order valence-corrected chi connectivity index (χ2v) is 5.23. The Kier molecular flexibility index (Phi) is 2.69. The molecule has 66 valence electrons. The van der Waals surface area contributed by atoms with Gasteiger partial charge in [-0.05, 0) is 18.6 Å². The second-order valence-electron chi connectivity index (χ2n) is 2.45. The van der Waals surface area contributed by atoms with Gasteiger partial charge in [-0.2, -0.15) is 0 Å². The van der Waals surface area contributed by atoms with Crippen molar-refractivity contribution in [3.63, 3.8) is 0 Å². The van der Waals surface area contributed by atoms with E-state index < -0.39 is 9.05 Å². The Morgan fingerprint density at radius 3 is 2.75 bits per heavy atom. The molecule has 0 aliphatic carbocycles. The fourth-order valence-electron chi connectivity index (χ4n) is 0.833. The molecule has 0 atom stereocenters. The molecule has 0 spiro atoms. The Hall–Kier alpha value is -0.610. The van der Waals surface area contributed by atoms with Crippen LogP contribution in [-0.2, 0) is 14.8 Å². The molecule has 0 saturated heterocycles. The number of hydrogen-bond acceptors (Lipinski definition) is 3. The van der Waals surface area contributed by atoms with Gasteiger partial charge in [0.05, 0.1) is 5.69 Å². The van der Waals surface area contributed by atoms with E-state index in [0.29, 0.717) is 5.69 Å². The van der Waals surface area contributed by atoms with Crippen LogP contribution in [0, 0.1) is 6.92 Å². The van der Waals surface area contributed by atoms with Crippen LogP contribution in [0.4, 0.5) is 0 Å². The molecule has 1 aromatic rings. The SMILES string of the molecule is Cc1cccnc1CS(=O)(=O)Cl. The van der Waals surface area contributed by atoms with E-state index in [9.17, 15) is 8.42 Å². The topological polar surface area (TPSA) is 47.0 Å². The molecule has 0 N–H and O–H groups in total. The van der Waals surface area contributed by atoms with Crippen molar-refractivity contribution in [2.45, 2.75) is 12.7 Å². The first-order chi connectivity index (χ1) is 5.49. The van der Waals surface area contributed by atoms with Crippen LogP contribution in [0.1, 0.15) is 11.3 Å². The van der Waals surface area contributed by atoms with Crippen LogP contribution in [0.5, 0.6) is 0 Å². The van der Waals surface area contributed by atoms with Crippen molar-refractivity contribution in [1.29, 1.82) is 0 Å². The molecular formula is C7H8ClNO2S. The van der Waals surface area contributed by atoms with Crippen LogP contribution in [0.3, 0.4) is 0 Å². The Balaban J connectivity index is 2.98. The maximum absolute atomic E-state index is 10.7. The van der Waals surface area contributed by atoms with Gasteiger partial charge in [-0.25, -0.2) is 8.42 Å². The minimum Gasteiger partial charge on any atom is -0.260 e. The molecule has 0 aromatic carbocycles. The highest BCUT2D eigenvalue weighted by atomic mass is 35.7. The lowest BCUT2D eigenvalue weighted by Gasteiger charge is -1.99. The van der Waals surface area contributed by atoms with E-state index in [4.69, 9.17) is 10.7 Å². The van der Waals surface area contributed by atoms with Gasteiger partial charge < -0.3 is 0 Å². The van der Waals surface area contributed by atoms with Crippen LogP contribution in [0.2, 0.25) is 0 Å². The number of aryl methyl sites for hydroxylation is 1. The molecule has 0 aliphatic rings. The van der Waals surface area contributed by atoms with Crippen molar-refractivity contribution in [3.05, 3.63) is 29.6 Å². The molecule has 0 bridgehead atoms. The van der Waals surface area contributed by atoms with Crippen molar-refractivity contribution in [2.24, 2.45) is 0 Å². The summed E-state index contributed by atoms with van der Waals surface area (Å²) in [5.74, 6) is -0.207. The van der Waals surface area contributed by atoms with E-state index in [1.165, 1.54) is 0 Å². The van der Waals surface area contributed by atoms with Crippen LogP contribution < -0.4 is 0 Å². The first-order valence-electron chi connectivity index (χ1n) is 3.32. The van der Waals surface area contributed by atoms with Crippen LogP contribution in [-0.4, -0.2) is 13.4 Å². The average molecular weight is 206 g/mol. The summed E-state index contributed by atoms with van der Waals surface area (Å²) in [7, 11) is 1.58. The highest BCUT2D eigenvalue weighted by molar-refractivity contribution is 8.13. The number of rotatable bonds is 2. The van der Waals surface area contributed by atoms with Crippen LogP contribution in [0.25, 0.3) is 0 Å². The van der Waals surface area contributed by atoms with E-state index in [0.717, 1.165) is 5.56 Å². The van der Waals surface area contributed by atoms with E-state index in [-0.39, 0.29) is 5.75 Å². The zero-order chi connectivity index (χ0) is 9.19. The fourth-order valence-corrected chi connectivity index (χ4v) is 1.77. The fraction of sp³-hybridized carbons (Fsp3) is 0.286. The lowest BCUT2D eigenvalue weighted by molar-refractivity contribution is 0.608. The minimum atomic E-state index is -3.49. The van der Waals surface area contributed by atoms with Gasteiger partial charge in [0.25, 0.3) is 0 Å². The number of hydrogen-bond donors (Lipinski definition) is 0. The van der Waals surface area contributed by atoms with Gasteiger partial charge in [0.2, 0.25) is 9.05 Å². The predicted octanol–water partition coefficient (Wildman–Crippen LogP) is 1.46. The van der Waals surface area contributed by atoms with Crippen molar-refractivity contribution in [3.8, 4) is 0 Å². The summed E-state index contributed by atoms with van der Waals surface area (Å²) in [6.45, 7) is 1.80. The van der Waals surface area contributed by atoms with Crippen molar-refractivity contribution in [2.75, 3.05) is 0 Å². The zero-order valence-corrected chi connectivity index (χ0v) is 8.06. The lowest BCUT2D eigenvalue weighted by Crippen LogP contribution is -1.99. The van der Waals surface area contributed by atoms with Crippen LogP contribution in [0.15, 0.2) is 18.3 Å². The molecule has 5 heteroatoms. The van der Waals surface area contributed by atoms with Gasteiger partial charge in [0.15, 0.2) is 0 Å². The second kappa shape index (κ2) is 3.41. The lowest BCUT2D eigenvalue weighted by atomic mass is 10.2. The average Bonchev–Trinajstić information content (AvgIpc) is 1.91. The van der Waals surface area contributed by atoms with Gasteiger partial charge in [0.1, 0.15) is 5.75 Å². The maximum Gasteiger partial charge on any atom is 0.238 e. The quantitative estimate of drug-likeness (QED) is 0.687. The van der Waals surface area contributed by atoms with E-state index in [1.807, 2.05) is 0 Å². The molecule has 3 nitrogen and oxygen atoms in total. The van der Waals surface area contributed by atoms with Gasteiger partial charge in [-0.15, -0.1) is 0 Å². The molecule has 1 rings (SSSR count). The number of pyridine rings is 1. The standard InChI is InChI=1S/C7H8ClNO2S/c1-6-3-2-4-9-7(6)5-12(8,10)11/h2-4H,5H2,1H3. The summed E-state index contributed by atoms with van der Waals surface area (Å²) in [4.78, 5) is 3.90. The smallest absolute Gasteiger partial charge is 0.238 e. The highest BCUT2D eigenvalue weighted by Crippen LogP contribution is 2.10. The summed E-state index contributed by atoms with van der Waals surface area (Å²) in [5, 5.41) is 0. The molecular weight excluding hydrogens is 198 g/mol. The Bertz CT molecular complexity index is 375. The Labute approximate surface area is 75.8 Å². The summed E-state index contributed by atoms with van der Waals surface area (Å²) in [5.41, 5.74) is 1.34. The molecule has 0 fully saturated rings. The van der Waals surface area contributed by atoms with Crippen molar-refractivity contribution < 1.29 is 8.42 Å². The van der Waals surface area contributed by atoms with Crippen molar-refractivity contribution in [1.82, 2.24) is 4.98 Å². The summed E-state index contributed by atoms with van der Waals surface area (Å²) in [6.07, 6.45) is 1.55. The predicted molar refractivity (Wildman–Crippen MR) is 47.5 cm³/mol. The summed E-state index contributed by atoms with van der Waals surface area (Å²) in [6, 6.07) is 3.55. The molecule has 1 heterocycles. The molecule has 12 heavy (non-hydrogen) atoms. The monoisotopic (exact) mass is 205 g/mol. The van der Waals surface area contributed by atoms with Gasteiger partial charge in [-0.3, -0.25) is 4.98 Å². The normalized spacial score (nSPS) is 11.5. The highest BCUT2D eigenvalue weighted by Gasteiger charge is 2.09. The van der Waals surface area contributed by atoms with E-state index in [1.54, 1.807) is 25.3 Å². The molecule has 0 amide bonds. The number of halogens is 1. The third-order valence-electron chi connectivity index (χ3n) is 1.43. The molecule has 0 aliphatic heterocycles. The first kappa shape index (κ1) is 9.48. The van der Waals surface area contributed by atoms with E-state index in [2.05, 4.69) is 4.98 Å². The van der Waals surface area contributed by atoms with Gasteiger partial charge in [0, 0.05) is 16.9 Å². The summed E-state index contributed by atoms with van der Waals surface area (Å²) >= 11 is 0. The van der Waals surface area contributed by atoms with E-state index >= 15 is 0 Å². The third-order valence-corrected chi connectivity index (χ3v) is 2.37. The largest absolute Gasteiger partial charge is 0.260 e. The minimum absolute atomic E-state index is 0.207. The molecule has 0 unspecified atom stereocenters. The van der Waals surface area contributed by atoms with Gasteiger partial charge in [-0.1, -0.05) is 6.07 Å². The molecule has 1 aromatic heterocycles. The molecule has 0 saturated carbocycles. The Morgan fingerprint density at radius 2 is 2.25 bits per heavy atom. The number of nitrogens with zero attached hydrogens (tertiary/aromatic N) is 1. The number of aromatic nitrogens is 1.